The van der Waals surface area contributed by atoms with Crippen LogP contribution in [0.2, 0.25) is 5.02 Å². The van der Waals surface area contributed by atoms with E-state index in [1.165, 1.54) is 6.07 Å². The summed E-state index contributed by atoms with van der Waals surface area (Å²) in [6, 6.07) is 5.69. The Balaban J connectivity index is 1.81. The molecule has 12 heteroatoms. The summed E-state index contributed by atoms with van der Waals surface area (Å²) in [5.74, 6) is 0. The van der Waals surface area contributed by atoms with Crippen molar-refractivity contribution in [3.63, 3.8) is 0 Å². The number of hydrogen-bond donors (Lipinski definition) is 3. The number of alkyl halides is 6. The average molecular weight is 539 g/mol. The van der Waals surface area contributed by atoms with Crippen molar-refractivity contribution < 1.29 is 41.0 Å². The molecule has 0 aromatic heterocycles. The number of rotatable bonds is 5. The van der Waals surface area contributed by atoms with E-state index >= 15 is 0 Å². The number of fused-ring (bicyclic) bond motifs is 1. The number of ether oxygens (including phenoxy) is 1. The number of alkyl carbamates (subject to hydrolysis) is 1. The van der Waals surface area contributed by atoms with E-state index in [1.54, 1.807) is 32.9 Å². The number of anilines is 1. The van der Waals surface area contributed by atoms with Gasteiger partial charge in [0.2, 0.25) is 5.60 Å². The number of hydrogen-bond acceptors (Lipinski definition) is 4. The summed E-state index contributed by atoms with van der Waals surface area (Å²) in [6.45, 7) is 4.01. The zero-order chi connectivity index (χ0) is 27.1. The molecule has 1 aliphatic carbocycles. The van der Waals surface area contributed by atoms with Gasteiger partial charge < -0.3 is 20.5 Å². The topological polar surface area (TPSA) is 70.6 Å². The van der Waals surface area contributed by atoms with Crippen molar-refractivity contribution in [3.05, 3.63) is 63.7 Å². The highest BCUT2D eigenvalue weighted by atomic mass is 35.5. The fraction of sp³-hybridized carbons (Fsp3) is 0.458. The number of amides is 1. The van der Waals surface area contributed by atoms with Crippen LogP contribution < -0.4 is 10.6 Å². The lowest BCUT2D eigenvalue weighted by atomic mass is 9.91. The van der Waals surface area contributed by atoms with Gasteiger partial charge in [-0.05, 0) is 80.6 Å². The molecule has 0 radical (unpaired) electrons. The Bertz CT molecular complexity index is 1130. The van der Waals surface area contributed by atoms with Gasteiger partial charge in [-0.15, -0.1) is 0 Å². The molecule has 0 fully saturated rings. The summed E-state index contributed by atoms with van der Waals surface area (Å²) in [7, 11) is 0. The number of carbonyl (C=O) groups excluding carboxylic acids is 1. The third-order valence-electron chi connectivity index (χ3n) is 5.63. The first-order valence-electron chi connectivity index (χ1n) is 10.9. The van der Waals surface area contributed by atoms with Crippen LogP contribution in [-0.2, 0) is 22.9 Å². The Morgan fingerprint density at radius 2 is 1.69 bits per heavy atom. The minimum absolute atomic E-state index is 0.215. The van der Waals surface area contributed by atoms with Gasteiger partial charge in [-0.25, -0.2) is 4.79 Å². The molecular formula is C24H25ClF6N2O3. The van der Waals surface area contributed by atoms with Gasteiger partial charge in [-0.1, -0.05) is 17.7 Å². The number of carbonyl (C=O) groups is 1. The highest BCUT2D eigenvalue weighted by Crippen LogP contribution is 2.43. The number of aliphatic hydroxyl groups is 1. The van der Waals surface area contributed by atoms with Gasteiger partial charge in [0.25, 0.3) is 0 Å². The first kappa shape index (κ1) is 27.9. The van der Waals surface area contributed by atoms with Crippen molar-refractivity contribution in [2.24, 2.45) is 0 Å². The first-order valence-corrected chi connectivity index (χ1v) is 11.3. The van der Waals surface area contributed by atoms with Crippen LogP contribution in [0.25, 0.3) is 0 Å². The quantitative estimate of drug-likeness (QED) is 0.369. The van der Waals surface area contributed by atoms with E-state index in [2.05, 4.69) is 10.6 Å². The zero-order valence-electron chi connectivity index (χ0n) is 19.6. The van der Waals surface area contributed by atoms with Crippen molar-refractivity contribution in [1.29, 1.82) is 0 Å². The van der Waals surface area contributed by atoms with E-state index < -0.39 is 52.3 Å². The molecule has 36 heavy (non-hydrogen) atoms. The molecule has 0 heterocycles. The summed E-state index contributed by atoms with van der Waals surface area (Å²) < 4.78 is 86.3. The van der Waals surface area contributed by atoms with Gasteiger partial charge in [0.15, 0.2) is 0 Å². The minimum atomic E-state index is -5.31. The molecule has 0 aliphatic heterocycles. The second-order valence-corrected chi connectivity index (χ2v) is 10.0. The van der Waals surface area contributed by atoms with Gasteiger partial charge in [-0.2, -0.15) is 26.3 Å². The number of nitrogens with one attached hydrogen (secondary N) is 2. The number of aryl methyl sites for hydroxylation is 1. The minimum Gasteiger partial charge on any atom is -0.444 e. The van der Waals surface area contributed by atoms with Crippen LogP contribution in [0.15, 0.2) is 36.4 Å². The van der Waals surface area contributed by atoms with Crippen LogP contribution in [0.4, 0.5) is 36.8 Å². The lowest BCUT2D eigenvalue weighted by Gasteiger charge is -2.32. The fourth-order valence-corrected chi connectivity index (χ4v) is 4.15. The Kier molecular flexibility index (Phi) is 7.49. The average Bonchev–Trinajstić information content (AvgIpc) is 3.10. The maximum Gasteiger partial charge on any atom is 0.423 e. The van der Waals surface area contributed by atoms with Crippen LogP contribution in [0.3, 0.4) is 0 Å². The maximum absolute atomic E-state index is 13.9. The Morgan fingerprint density at radius 1 is 1.06 bits per heavy atom. The number of benzene rings is 2. The lowest BCUT2D eigenvalue weighted by molar-refractivity contribution is -0.260. The van der Waals surface area contributed by atoms with Crippen molar-refractivity contribution in [1.82, 2.24) is 5.32 Å². The molecule has 0 bridgehead atoms. The van der Waals surface area contributed by atoms with E-state index in [0.717, 1.165) is 11.1 Å². The Labute approximate surface area is 208 Å². The van der Waals surface area contributed by atoms with E-state index in [0.29, 0.717) is 25.0 Å². The van der Waals surface area contributed by atoms with Crippen molar-refractivity contribution in [2.45, 2.75) is 63.2 Å². The molecule has 5 nitrogen and oxygen atoms in total. The van der Waals surface area contributed by atoms with Gasteiger partial charge in [0.05, 0.1) is 18.2 Å². The summed E-state index contributed by atoms with van der Waals surface area (Å²) in [6.07, 6.45) is -9.79. The first-order chi connectivity index (χ1) is 16.4. The summed E-state index contributed by atoms with van der Waals surface area (Å²) >= 11 is 5.64. The van der Waals surface area contributed by atoms with Crippen molar-refractivity contribution in [2.75, 3.05) is 11.9 Å². The van der Waals surface area contributed by atoms with Crippen LogP contribution in [0, 0.1) is 0 Å². The predicted molar refractivity (Wildman–Crippen MR) is 122 cm³/mol. The van der Waals surface area contributed by atoms with Gasteiger partial charge in [0, 0.05) is 10.7 Å². The summed E-state index contributed by atoms with van der Waals surface area (Å²) in [5.41, 5.74) is -5.04. The van der Waals surface area contributed by atoms with E-state index in [-0.39, 0.29) is 17.8 Å². The smallest absolute Gasteiger partial charge is 0.423 e. The van der Waals surface area contributed by atoms with Crippen LogP contribution in [-0.4, -0.2) is 29.5 Å². The third-order valence-corrected chi connectivity index (χ3v) is 5.85. The van der Waals surface area contributed by atoms with Gasteiger partial charge in [-0.3, -0.25) is 0 Å². The summed E-state index contributed by atoms with van der Waals surface area (Å²) in [5, 5.41) is 15.2. The Morgan fingerprint density at radius 3 is 2.28 bits per heavy atom. The fourth-order valence-electron chi connectivity index (χ4n) is 3.92. The van der Waals surface area contributed by atoms with E-state index in [9.17, 15) is 36.2 Å². The second kappa shape index (κ2) is 9.66. The molecule has 0 saturated heterocycles. The molecule has 0 unspecified atom stereocenters. The largest absolute Gasteiger partial charge is 0.444 e. The van der Waals surface area contributed by atoms with Gasteiger partial charge in [0.1, 0.15) is 5.60 Å². The van der Waals surface area contributed by atoms with Crippen LogP contribution in [0.1, 0.15) is 55.5 Å². The molecule has 2 aromatic carbocycles. The van der Waals surface area contributed by atoms with Crippen LogP contribution >= 0.6 is 11.6 Å². The molecule has 198 valence electrons. The Hall–Kier alpha value is -2.66. The van der Waals surface area contributed by atoms with Gasteiger partial charge >= 0.3 is 18.4 Å². The lowest BCUT2D eigenvalue weighted by Crippen LogP contribution is -2.48. The monoisotopic (exact) mass is 538 g/mol. The molecule has 1 amide bonds. The molecule has 3 N–H and O–H groups in total. The molecule has 3 rings (SSSR count). The maximum atomic E-state index is 13.9. The van der Waals surface area contributed by atoms with E-state index in [1.807, 2.05) is 0 Å². The zero-order valence-corrected chi connectivity index (χ0v) is 20.3. The molecule has 0 spiro atoms. The number of halogens is 7. The standard InChI is InChI=1S/C24H25ClF6N2O3/c1-21(2,3)36-20(34)33-19-7-4-13-8-17(5-6-18(13)19)32-12-22(35,24(29,30)31)14-9-15(23(26,27)28)11-16(25)10-14/h5-6,8-11,19,32,35H,4,7,12H2,1-3H3,(H,33,34)/t19-,22+/m1/s1. The molecular weight excluding hydrogens is 514 g/mol. The molecule has 0 saturated carbocycles. The third kappa shape index (κ3) is 6.36. The SMILES string of the molecule is CC(C)(C)OC(=O)N[C@@H]1CCc2cc(NC[C@](O)(c3cc(Cl)cc(C(F)(F)F)c3)C(F)(F)F)ccc21. The van der Waals surface area contributed by atoms with Crippen LogP contribution in [0.5, 0.6) is 0 Å². The van der Waals surface area contributed by atoms with Crippen molar-refractivity contribution >= 4 is 23.4 Å². The highest BCUT2D eigenvalue weighted by molar-refractivity contribution is 6.30. The van der Waals surface area contributed by atoms with E-state index in [4.69, 9.17) is 16.3 Å². The molecule has 1 aliphatic rings. The predicted octanol–water partition coefficient (Wildman–Crippen LogP) is 6.73. The molecule has 2 atom stereocenters. The molecule has 2 aromatic rings. The highest BCUT2D eigenvalue weighted by Gasteiger charge is 2.55. The second-order valence-electron chi connectivity index (χ2n) is 9.59. The normalized spacial score (nSPS) is 17.8. The summed E-state index contributed by atoms with van der Waals surface area (Å²) in [4.78, 5) is 12.1. The van der Waals surface area contributed by atoms with Crippen molar-refractivity contribution in [3.8, 4) is 0 Å².